The first-order valence-corrected chi connectivity index (χ1v) is 10.2. The quantitative estimate of drug-likeness (QED) is 0.677. The molecule has 0 saturated carbocycles. The first-order chi connectivity index (χ1) is 8.39. The molecule has 0 aromatic carbocycles. The fourth-order valence-electron chi connectivity index (χ4n) is 3.36. The van der Waals surface area contributed by atoms with Gasteiger partial charge in [0.15, 0.2) is 0 Å². The molecule has 1 aliphatic carbocycles. The molecule has 0 aromatic rings. The van der Waals surface area contributed by atoms with Crippen LogP contribution >= 0.6 is 0 Å². The van der Waals surface area contributed by atoms with Gasteiger partial charge >= 0.3 is 0 Å². The molecular weight excluding hydrogens is 242 g/mol. The molecule has 2 heterocycles. The Bertz CT molecular complexity index is 485. The summed E-state index contributed by atoms with van der Waals surface area (Å²) in [5.41, 5.74) is 3.77. The lowest BCUT2D eigenvalue weighted by atomic mass is 9.86. The van der Waals surface area contributed by atoms with E-state index in [1.54, 1.807) is 0 Å². The summed E-state index contributed by atoms with van der Waals surface area (Å²) >= 11 is 0. The number of ether oxygens (including phenoxy) is 1. The van der Waals surface area contributed by atoms with Crippen molar-refractivity contribution in [2.75, 3.05) is 26.8 Å². The molecule has 2 fully saturated rings. The van der Waals surface area contributed by atoms with Crippen LogP contribution in [0.1, 0.15) is 6.42 Å². The minimum Gasteiger partial charge on any atom is -0.376 e. The van der Waals surface area contributed by atoms with E-state index in [4.69, 9.17) is 4.74 Å². The van der Waals surface area contributed by atoms with Gasteiger partial charge in [-0.05, 0) is 17.6 Å². The number of carbonyl (C=O) groups excluding carboxylic acids is 1. The van der Waals surface area contributed by atoms with Crippen LogP contribution in [0.3, 0.4) is 0 Å². The minimum atomic E-state index is -1.43. The normalized spacial score (nSPS) is 28.1. The van der Waals surface area contributed by atoms with Crippen molar-refractivity contribution in [2.45, 2.75) is 26.1 Å². The van der Waals surface area contributed by atoms with Gasteiger partial charge in [0.05, 0.1) is 21.3 Å². The average molecular weight is 263 g/mol. The van der Waals surface area contributed by atoms with Crippen LogP contribution in [0.2, 0.25) is 19.6 Å². The number of hydrogen-bond acceptors (Lipinski definition) is 2. The van der Waals surface area contributed by atoms with E-state index < -0.39 is 8.07 Å². The zero-order valence-corrected chi connectivity index (χ0v) is 12.7. The molecule has 98 valence electrons. The van der Waals surface area contributed by atoms with Gasteiger partial charge in [-0.3, -0.25) is 4.79 Å². The molecule has 1 amide bonds. The third-order valence-electron chi connectivity index (χ3n) is 4.37. The summed E-state index contributed by atoms with van der Waals surface area (Å²) in [5, 5.41) is 1.46. The van der Waals surface area contributed by atoms with Crippen molar-refractivity contribution in [2.24, 2.45) is 5.92 Å². The van der Waals surface area contributed by atoms with Gasteiger partial charge in [-0.15, -0.1) is 0 Å². The van der Waals surface area contributed by atoms with E-state index in [2.05, 4.69) is 19.6 Å². The van der Waals surface area contributed by atoms with Crippen LogP contribution in [-0.2, 0) is 9.53 Å². The van der Waals surface area contributed by atoms with Crippen LogP contribution in [0.4, 0.5) is 0 Å². The number of allylic oxidation sites excluding steroid dienone is 1. The Kier molecular flexibility index (Phi) is 2.58. The Hall–Kier alpha value is -0.873. The largest absolute Gasteiger partial charge is 0.376 e. The topological polar surface area (TPSA) is 29.5 Å². The van der Waals surface area contributed by atoms with E-state index in [1.807, 2.05) is 11.9 Å². The molecule has 3 nitrogen and oxygen atoms in total. The molecule has 2 aliphatic heterocycles. The fourth-order valence-corrected chi connectivity index (χ4v) is 5.22. The van der Waals surface area contributed by atoms with Gasteiger partial charge in [-0.1, -0.05) is 24.8 Å². The van der Waals surface area contributed by atoms with Crippen LogP contribution in [0, 0.1) is 5.92 Å². The van der Waals surface area contributed by atoms with Crippen molar-refractivity contribution in [3.05, 3.63) is 21.9 Å². The Labute approximate surface area is 110 Å². The van der Waals surface area contributed by atoms with Gasteiger partial charge < -0.3 is 9.64 Å². The second kappa shape index (κ2) is 3.81. The van der Waals surface area contributed by atoms with Crippen molar-refractivity contribution in [1.29, 1.82) is 0 Å². The monoisotopic (exact) mass is 263 g/mol. The summed E-state index contributed by atoms with van der Waals surface area (Å²) in [5.74, 6) is 0.782. The fraction of sp³-hybridized carbons (Fsp3) is 0.643. The summed E-state index contributed by atoms with van der Waals surface area (Å²) in [6.07, 6.45) is 1.06. The van der Waals surface area contributed by atoms with E-state index in [-0.39, 0.29) is 5.91 Å². The summed E-state index contributed by atoms with van der Waals surface area (Å²) in [6, 6.07) is 0. The molecule has 1 atom stereocenters. The maximum absolute atomic E-state index is 12.4. The smallest absolute Gasteiger partial charge is 0.253 e. The lowest BCUT2D eigenvalue weighted by Gasteiger charge is -2.30. The predicted octanol–water partition coefficient (Wildman–Crippen LogP) is 1.98. The zero-order chi connectivity index (χ0) is 13.1. The van der Waals surface area contributed by atoms with E-state index in [1.165, 1.54) is 16.3 Å². The molecule has 0 N–H and O–H groups in total. The Balaban J connectivity index is 2.19. The highest BCUT2D eigenvalue weighted by Crippen LogP contribution is 2.44. The molecule has 3 rings (SSSR count). The van der Waals surface area contributed by atoms with Crippen LogP contribution in [-0.4, -0.2) is 45.7 Å². The number of hydrogen-bond donors (Lipinski definition) is 0. The van der Waals surface area contributed by atoms with Crippen molar-refractivity contribution < 1.29 is 9.53 Å². The summed E-state index contributed by atoms with van der Waals surface area (Å²) in [6.45, 7) is 9.41. The molecule has 0 aromatic heterocycles. The molecule has 2 saturated heterocycles. The number of rotatable bonds is 1. The van der Waals surface area contributed by atoms with Gasteiger partial charge in [-0.25, -0.2) is 0 Å². The van der Waals surface area contributed by atoms with Gasteiger partial charge in [0.25, 0.3) is 5.91 Å². The van der Waals surface area contributed by atoms with Crippen molar-refractivity contribution >= 4 is 14.0 Å². The van der Waals surface area contributed by atoms with Gasteiger partial charge in [0.2, 0.25) is 0 Å². The Morgan fingerprint density at radius 2 is 2.06 bits per heavy atom. The minimum absolute atomic E-state index is 0.236. The second-order valence-corrected chi connectivity index (χ2v) is 11.8. The maximum atomic E-state index is 12.4. The molecular formula is C14H21NO2Si. The lowest BCUT2D eigenvalue weighted by Crippen LogP contribution is -2.32. The molecule has 1 unspecified atom stereocenters. The lowest BCUT2D eigenvalue weighted by molar-refractivity contribution is -0.123. The number of fused-ring (bicyclic) bond motifs is 2. The third-order valence-corrected chi connectivity index (χ3v) is 6.64. The number of nitrogens with zero attached hydrogens (tertiary/aromatic N) is 1. The number of amides is 1. The molecule has 3 aliphatic rings. The molecule has 18 heavy (non-hydrogen) atoms. The van der Waals surface area contributed by atoms with E-state index >= 15 is 0 Å². The number of likely N-dealkylation sites (N-methyl/N-ethyl adjacent to an activating group) is 1. The SMILES string of the molecule is CN1CC2=C3COCC3CC([Si](C)(C)C)=C2C1=O. The van der Waals surface area contributed by atoms with Crippen molar-refractivity contribution in [1.82, 2.24) is 4.90 Å². The van der Waals surface area contributed by atoms with Crippen LogP contribution < -0.4 is 0 Å². The number of likely N-dealkylation sites (tertiary alicyclic amines) is 1. The highest BCUT2D eigenvalue weighted by Gasteiger charge is 2.43. The van der Waals surface area contributed by atoms with Crippen LogP contribution in [0.5, 0.6) is 0 Å². The summed E-state index contributed by atoms with van der Waals surface area (Å²) < 4.78 is 5.63. The highest BCUT2D eigenvalue weighted by molar-refractivity contribution is 6.83. The van der Waals surface area contributed by atoms with E-state index in [0.717, 1.165) is 31.8 Å². The van der Waals surface area contributed by atoms with Crippen LogP contribution in [0.15, 0.2) is 21.9 Å². The second-order valence-electron chi connectivity index (χ2n) is 6.68. The van der Waals surface area contributed by atoms with Gasteiger partial charge in [0.1, 0.15) is 0 Å². The zero-order valence-electron chi connectivity index (χ0n) is 11.7. The van der Waals surface area contributed by atoms with Gasteiger partial charge in [-0.2, -0.15) is 0 Å². The molecule has 4 heteroatoms. The van der Waals surface area contributed by atoms with Gasteiger partial charge in [0, 0.05) is 25.1 Å². The summed E-state index contributed by atoms with van der Waals surface area (Å²) in [4.78, 5) is 14.3. The standard InChI is InChI=1S/C14H21NO2Si/c1-15-6-10-11-8-17-7-9(11)5-12(18(2,3)4)13(10)14(15)16/h9H,5-8H2,1-4H3. The maximum Gasteiger partial charge on any atom is 0.253 e. The first-order valence-electron chi connectivity index (χ1n) is 6.68. The molecule has 0 bridgehead atoms. The van der Waals surface area contributed by atoms with E-state index in [9.17, 15) is 4.79 Å². The first kappa shape index (κ1) is 12.2. The number of carbonyl (C=O) groups is 1. The summed E-state index contributed by atoms with van der Waals surface area (Å²) in [7, 11) is 0.479. The Morgan fingerprint density at radius 3 is 2.72 bits per heavy atom. The Morgan fingerprint density at radius 1 is 1.33 bits per heavy atom. The van der Waals surface area contributed by atoms with Crippen molar-refractivity contribution in [3.63, 3.8) is 0 Å². The average Bonchev–Trinajstić information content (AvgIpc) is 2.83. The van der Waals surface area contributed by atoms with Crippen molar-refractivity contribution in [3.8, 4) is 0 Å². The highest BCUT2D eigenvalue weighted by atomic mass is 28.3. The van der Waals surface area contributed by atoms with E-state index in [0.29, 0.717) is 5.92 Å². The predicted molar refractivity (Wildman–Crippen MR) is 74.0 cm³/mol. The molecule has 0 radical (unpaired) electrons. The van der Waals surface area contributed by atoms with Crippen LogP contribution in [0.25, 0.3) is 0 Å². The third kappa shape index (κ3) is 1.62. The molecule has 0 spiro atoms.